The highest BCUT2D eigenvalue weighted by Crippen LogP contribution is 2.25. The van der Waals surface area contributed by atoms with Crippen LogP contribution in [0, 0.1) is 23.2 Å². The van der Waals surface area contributed by atoms with E-state index in [9.17, 15) is 9.18 Å². The van der Waals surface area contributed by atoms with Crippen molar-refractivity contribution in [1.29, 1.82) is 0 Å². The quantitative estimate of drug-likeness (QED) is 0.647. The first-order valence-corrected chi connectivity index (χ1v) is 9.40. The van der Waals surface area contributed by atoms with Gasteiger partial charge >= 0.3 is 0 Å². The van der Waals surface area contributed by atoms with E-state index in [1.165, 1.54) is 34.1 Å². The first kappa shape index (κ1) is 16.2. The van der Waals surface area contributed by atoms with Crippen LogP contribution in [0.2, 0.25) is 0 Å². The minimum Gasteiger partial charge on any atom is -0.289 e. The highest BCUT2D eigenvalue weighted by atomic mass is 19.1. The van der Waals surface area contributed by atoms with Gasteiger partial charge in [0.05, 0.1) is 0 Å². The summed E-state index contributed by atoms with van der Waals surface area (Å²) in [7, 11) is 0. The third-order valence-corrected chi connectivity index (χ3v) is 5.76. The zero-order chi connectivity index (χ0) is 18.5. The zero-order valence-corrected chi connectivity index (χ0v) is 15.2. The van der Waals surface area contributed by atoms with E-state index in [1.807, 2.05) is 12.1 Å². The fourth-order valence-corrected chi connectivity index (χ4v) is 4.45. The number of carbonyl (C=O) groups is 1. The standard InChI is InChI=1S/C25H19FO/c1-15-8-10-16(11-9-15)17-4-2-6-20-19(17)12-13-21-18-5-3-7-23(26)22(18)14-24(27)25(20)21/h3,5,7-14H,2,4,6H2,1H3. The van der Waals surface area contributed by atoms with Crippen molar-refractivity contribution in [3.63, 3.8) is 0 Å². The molecule has 0 N–H and O–H groups in total. The smallest absolute Gasteiger partial charge is 0.187 e. The Labute approximate surface area is 156 Å². The second-order valence-electron chi connectivity index (χ2n) is 7.42. The monoisotopic (exact) mass is 354 g/mol. The normalized spacial score (nSPS) is 14.9. The van der Waals surface area contributed by atoms with Gasteiger partial charge in [-0.1, -0.05) is 54.1 Å². The Morgan fingerprint density at radius 1 is 0.852 bits per heavy atom. The van der Waals surface area contributed by atoms with E-state index in [0.29, 0.717) is 5.22 Å². The molecule has 0 unspecified atom stereocenters. The third-order valence-electron chi connectivity index (χ3n) is 5.76. The van der Waals surface area contributed by atoms with Crippen molar-refractivity contribution in [3.05, 3.63) is 104 Å². The van der Waals surface area contributed by atoms with Gasteiger partial charge in [-0.2, -0.15) is 0 Å². The minimum atomic E-state index is -0.337. The first-order valence-electron chi connectivity index (χ1n) is 9.40. The lowest BCUT2D eigenvalue weighted by Gasteiger charge is -2.20. The fraction of sp³-hybridized carbons (Fsp3) is 0.160. The molecule has 2 aliphatic rings. The molecule has 0 radical (unpaired) electrons. The third kappa shape index (κ3) is 2.48. The number of Topliss-reactive ketones (excluding diaryl/α,β-unsaturated/α-hetero) is 1. The van der Waals surface area contributed by atoms with Gasteiger partial charge in [0.2, 0.25) is 0 Å². The van der Waals surface area contributed by atoms with E-state index in [0.717, 1.165) is 40.8 Å². The molecule has 0 saturated carbocycles. The van der Waals surface area contributed by atoms with Crippen molar-refractivity contribution in [2.24, 2.45) is 0 Å². The van der Waals surface area contributed by atoms with Gasteiger partial charge in [0.1, 0.15) is 5.82 Å². The summed E-state index contributed by atoms with van der Waals surface area (Å²) < 4.78 is 14.2. The summed E-state index contributed by atoms with van der Waals surface area (Å²) in [4.78, 5) is 12.9. The maximum absolute atomic E-state index is 14.2. The summed E-state index contributed by atoms with van der Waals surface area (Å²) in [6.45, 7) is 2.09. The Morgan fingerprint density at radius 3 is 2.44 bits per heavy atom. The van der Waals surface area contributed by atoms with E-state index < -0.39 is 0 Å². The fourth-order valence-electron chi connectivity index (χ4n) is 4.45. The Balaban J connectivity index is 1.92. The molecule has 2 heteroatoms. The Bertz CT molecular complexity index is 1310. The maximum atomic E-state index is 14.2. The van der Waals surface area contributed by atoms with Gasteiger partial charge in [-0.3, -0.25) is 4.79 Å². The van der Waals surface area contributed by atoms with Gasteiger partial charge < -0.3 is 0 Å². The second-order valence-corrected chi connectivity index (χ2v) is 7.42. The summed E-state index contributed by atoms with van der Waals surface area (Å²) in [5, 5.41) is 3.26. The number of hydrogen-bond acceptors (Lipinski definition) is 1. The van der Waals surface area contributed by atoms with Gasteiger partial charge in [0, 0.05) is 10.8 Å². The lowest BCUT2D eigenvalue weighted by molar-refractivity contribution is 0.105. The molecule has 0 bridgehead atoms. The molecule has 0 amide bonds. The number of halogens is 1. The number of rotatable bonds is 1. The van der Waals surface area contributed by atoms with Crippen LogP contribution in [0.5, 0.6) is 0 Å². The largest absolute Gasteiger partial charge is 0.289 e. The molecule has 0 saturated heterocycles. The molecule has 3 aromatic carbocycles. The van der Waals surface area contributed by atoms with Crippen molar-refractivity contribution in [3.8, 4) is 0 Å². The number of carbonyl (C=O) groups excluding carboxylic acids is 1. The van der Waals surface area contributed by atoms with Crippen molar-refractivity contribution >= 4 is 17.4 Å². The average molecular weight is 354 g/mol. The Kier molecular flexibility index (Phi) is 3.61. The lowest BCUT2D eigenvalue weighted by Crippen LogP contribution is -2.26. The van der Waals surface area contributed by atoms with Gasteiger partial charge in [0.25, 0.3) is 0 Å². The van der Waals surface area contributed by atoms with Crippen molar-refractivity contribution in [2.45, 2.75) is 26.2 Å². The van der Waals surface area contributed by atoms with Crippen LogP contribution in [0.25, 0.3) is 11.6 Å². The maximum Gasteiger partial charge on any atom is 0.187 e. The summed E-state index contributed by atoms with van der Waals surface area (Å²) >= 11 is 0. The van der Waals surface area contributed by atoms with E-state index >= 15 is 0 Å². The number of benzene rings is 3. The number of fused-ring (bicyclic) bond motifs is 4. The predicted molar refractivity (Wildman–Crippen MR) is 105 cm³/mol. The van der Waals surface area contributed by atoms with E-state index in [-0.39, 0.29) is 11.6 Å². The molecule has 3 aromatic rings. The van der Waals surface area contributed by atoms with Crippen LogP contribution in [0.3, 0.4) is 0 Å². The highest BCUT2D eigenvalue weighted by Gasteiger charge is 2.21. The summed E-state index contributed by atoms with van der Waals surface area (Å²) in [6.07, 6.45) is 4.39. The van der Waals surface area contributed by atoms with Crippen molar-refractivity contribution < 1.29 is 9.18 Å². The van der Waals surface area contributed by atoms with Crippen LogP contribution in [-0.2, 0) is 6.42 Å². The predicted octanol–water partition coefficient (Wildman–Crippen LogP) is 3.93. The summed E-state index contributed by atoms with van der Waals surface area (Å²) in [5.74, 6) is -0.416. The van der Waals surface area contributed by atoms with Crippen LogP contribution in [0.1, 0.15) is 39.9 Å². The molecular weight excluding hydrogens is 335 g/mol. The van der Waals surface area contributed by atoms with Gasteiger partial charge in [-0.25, -0.2) is 4.39 Å². The molecule has 0 aromatic heterocycles. The molecule has 5 rings (SSSR count). The topological polar surface area (TPSA) is 17.1 Å². The number of aryl methyl sites for hydroxylation is 1. The molecule has 0 heterocycles. The van der Waals surface area contributed by atoms with Crippen LogP contribution in [0.4, 0.5) is 4.39 Å². The van der Waals surface area contributed by atoms with E-state index in [1.54, 1.807) is 6.07 Å². The highest BCUT2D eigenvalue weighted by molar-refractivity contribution is 6.18. The molecular formula is C25H19FO. The molecule has 0 atom stereocenters. The van der Waals surface area contributed by atoms with Gasteiger partial charge in [-0.05, 0) is 70.7 Å². The van der Waals surface area contributed by atoms with Crippen LogP contribution < -0.4 is 10.4 Å². The molecule has 0 aliphatic heterocycles. The van der Waals surface area contributed by atoms with Crippen LogP contribution in [0.15, 0.2) is 54.6 Å². The van der Waals surface area contributed by atoms with Gasteiger partial charge in [-0.15, -0.1) is 0 Å². The molecule has 27 heavy (non-hydrogen) atoms. The average Bonchev–Trinajstić information content (AvgIpc) is 2.68. The molecule has 0 fully saturated rings. The van der Waals surface area contributed by atoms with E-state index in [2.05, 4.69) is 37.3 Å². The molecule has 0 spiro atoms. The minimum absolute atomic E-state index is 0.0791. The van der Waals surface area contributed by atoms with E-state index in [4.69, 9.17) is 0 Å². The number of hydrogen-bond donors (Lipinski definition) is 0. The first-order chi connectivity index (χ1) is 13.1. The van der Waals surface area contributed by atoms with Crippen molar-refractivity contribution in [1.82, 2.24) is 0 Å². The summed E-state index contributed by atoms with van der Waals surface area (Å²) in [5.41, 5.74) is 5.64. The molecule has 132 valence electrons. The second kappa shape index (κ2) is 6.02. The molecule has 1 nitrogen and oxygen atoms in total. The number of ketones is 1. The SMILES string of the molecule is Cc1ccc(C2=c3ccc4c(c3CCC2)C(=O)C=c2c(F)cccc2=4)cc1. The molecule has 2 aliphatic carbocycles. The summed E-state index contributed by atoms with van der Waals surface area (Å²) in [6, 6.07) is 17.7. The lowest BCUT2D eigenvalue weighted by atomic mass is 9.83. The van der Waals surface area contributed by atoms with Crippen LogP contribution in [-0.4, -0.2) is 5.78 Å². The van der Waals surface area contributed by atoms with Gasteiger partial charge in [0.15, 0.2) is 5.78 Å². The van der Waals surface area contributed by atoms with Crippen molar-refractivity contribution in [2.75, 3.05) is 0 Å². The van der Waals surface area contributed by atoms with Crippen LogP contribution >= 0.6 is 0 Å². The Hall–Kier alpha value is -3.00. The Morgan fingerprint density at radius 2 is 1.63 bits per heavy atom. The zero-order valence-electron chi connectivity index (χ0n) is 15.2.